The van der Waals surface area contributed by atoms with E-state index in [1.165, 1.54) is 11.3 Å². The van der Waals surface area contributed by atoms with Crippen LogP contribution in [0, 0.1) is 0 Å². The molecule has 116 valence electrons. The zero-order chi connectivity index (χ0) is 15.7. The summed E-state index contributed by atoms with van der Waals surface area (Å²) in [6, 6.07) is 9.46. The predicted octanol–water partition coefficient (Wildman–Crippen LogP) is 2.72. The summed E-state index contributed by atoms with van der Waals surface area (Å²) < 4.78 is 24.4. The van der Waals surface area contributed by atoms with E-state index in [2.05, 4.69) is 6.58 Å². The van der Waals surface area contributed by atoms with E-state index in [9.17, 15) is 13.2 Å². The first-order chi connectivity index (χ1) is 10.5. The fourth-order valence-electron chi connectivity index (χ4n) is 2.79. The highest BCUT2D eigenvalue weighted by Crippen LogP contribution is 2.28. The van der Waals surface area contributed by atoms with Crippen molar-refractivity contribution in [3.63, 3.8) is 0 Å². The first kappa shape index (κ1) is 15.2. The van der Waals surface area contributed by atoms with Crippen molar-refractivity contribution in [2.75, 3.05) is 18.1 Å². The number of sulfone groups is 1. The number of nitrogens with zero attached hydrogens (tertiary/aromatic N) is 1. The molecule has 0 aliphatic carbocycles. The van der Waals surface area contributed by atoms with Gasteiger partial charge in [-0.15, -0.1) is 17.9 Å². The van der Waals surface area contributed by atoms with Crippen molar-refractivity contribution in [2.24, 2.45) is 0 Å². The van der Waals surface area contributed by atoms with Crippen LogP contribution in [-0.4, -0.2) is 43.3 Å². The van der Waals surface area contributed by atoms with Crippen LogP contribution in [0.5, 0.6) is 0 Å². The van der Waals surface area contributed by atoms with E-state index in [-0.39, 0.29) is 23.5 Å². The molecule has 0 unspecified atom stereocenters. The topological polar surface area (TPSA) is 54.5 Å². The standard InChI is InChI=1S/C16H17NO3S2/c1-2-8-17(13-7-9-22(19,20)11-13)16(18)15-10-12-5-3-4-6-14(12)21-15/h2-6,10,13H,1,7-9,11H2/t13-/m0/s1. The van der Waals surface area contributed by atoms with Gasteiger partial charge in [0.1, 0.15) is 0 Å². The summed E-state index contributed by atoms with van der Waals surface area (Å²) in [6.07, 6.45) is 2.16. The highest BCUT2D eigenvalue weighted by Gasteiger charge is 2.34. The number of benzene rings is 1. The molecule has 0 spiro atoms. The Bertz CT molecular complexity index is 790. The average Bonchev–Trinajstić information content (AvgIpc) is 3.07. The Kier molecular flexibility index (Phi) is 4.06. The highest BCUT2D eigenvalue weighted by molar-refractivity contribution is 7.91. The Hall–Kier alpha value is -1.66. The second-order valence-electron chi connectivity index (χ2n) is 5.45. The molecule has 1 amide bonds. The van der Waals surface area contributed by atoms with Gasteiger partial charge in [-0.25, -0.2) is 8.42 Å². The number of carbonyl (C=O) groups is 1. The van der Waals surface area contributed by atoms with Crippen LogP contribution in [0.3, 0.4) is 0 Å². The zero-order valence-electron chi connectivity index (χ0n) is 12.1. The molecule has 1 aromatic carbocycles. The fraction of sp³-hybridized carbons (Fsp3) is 0.312. The molecule has 0 bridgehead atoms. The van der Waals surface area contributed by atoms with E-state index in [4.69, 9.17) is 0 Å². The van der Waals surface area contributed by atoms with Gasteiger partial charge in [0.25, 0.3) is 5.91 Å². The number of rotatable bonds is 4. The van der Waals surface area contributed by atoms with Gasteiger partial charge >= 0.3 is 0 Å². The molecular formula is C16H17NO3S2. The first-order valence-corrected chi connectivity index (χ1v) is 9.75. The van der Waals surface area contributed by atoms with Crippen LogP contribution < -0.4 is 0 Å². The third kappa shape index (κ3) is 2.94. The van der Waals surface area contributed by atoms with Gasteiger partial charge in [0, 0.05) is 17.3 Å². The van der Waals surface area contributed by atoms with Crippen molar-refractivity contribution in [3.8, 4) is 0 Å². The number of fused-ring (bicyclic) bond motifs is 1. The van der Waals surface area contributed by atoms with E-state index in [1.807, 2.05) is 30.3 Å². The van der Waals surface area contributed by atoms with Gasteiger partial charge in [-0.2, -0.15) is 0 Å². The molecule has 3 rings (SSSR count). The Morgan fingerprint density at radius 2 is 2.18 bits per heavy atom. The molecule has 1 aliphatic rings. The summed E-state index contributed by atoms with van der Waals surface area (Å²) in [4.78, 5) is 15.1. The Balaban J connectivity index is 1.90. The van der Waals surface area contributed by atoms with Crippen molar-refractivity contribution < 1.29 is 13.2 Å². The molecule has 0 radical (unpaired) electrons. The number of thiophene rings is 1. The number of hydrogen-bond acceptors (Lipinski definition) is 4. The lowest BCUT2D eigenvalue weighted by atomic mass is 10.2. The molecule has 4 nitrogen and oxygen atoms in total. The van der Waals surface area contributed by atoms with Crippen LogP contribution in [0.1, 0.15) is 16.1 Å². The molecule has 1 aliphatic heterocycles. The third-order valence-corrected chi connectivity index (χ3v) is 6.73. The van der Waals surface area contributed by atoms with Gasteiger partial charge in [-0.1, -0.05) is 24.3 Å². The van der Waals surface area contributed by atoms with Crippen LogP contribution in [-0.2, 0) is 9.84 Å². The normalized spacial score (nSPS) is 20.1. The lowest BCUT2D eigenvalue weighted by Gasteiger charge is -2.26. The van der Waals surface area contributed by atoms with Crippen LogP contribution in [0.4, 0.5) is 0 Å². The van der Waals surface area contributed by atoms with Crippen molar-refractivity contribution >= 4 is 37.2 Å². The van der Waals surface area contributed by atoms with Crippen molar-refractivity contribution in [3.05, 3.63) is 47.9 Å². The molecule has 1 atom stereocenters. The molecule has 0 saturated carbocycles. The summed E-state index contributed by atoms with van der Waals surface area (Å²) in [6.45, 7) is 4.06. The molecule has 2 aromatic rings. The van der Waals surface area contributed by atoms with Gasteiger partial charge in [-0.05, 0) is 23.9 Å². The number of carbonyl (C=O) groups excluding carboxylic acids is 1. The molecule has 1 aromatic heterocycles. The van der Waals surface area contributed by atoms with Crippen LogP contribution >= 0.6 is 11.3 Å². The smallest absolute Gasteiger partial charge is 0.264 e. The summed E-state index contributed by atoms with van der Waals surface area (Å²) in [7, 11) is -3.02. The first-order valence-electron chi connectivity index (χ1n) is 7.11. The van der Waals surface area contributed by atoms with Crippen molar-refractivity contribution in [2.45, 2.75) is 12.5 Å². The Morgan fingerprint density at radius 1 is 1.41 bits per heavy atom. The van der Waals surface area contributed by atoms with E-state index < -0.39 is 9.84 Å². The van der Waals surface area contributed by atoms with Gasteiger partial charge in [0.2, 0.25) is 0 Å². The second-order valence-corrected chi connectivity index (χ2v) is 8.76. The molecule has 22 heavy (non-hydrogen) atoms. The highest BCUT2D eigenvalue weighted by atomic mass is 32.2. The quantitative estimate of drug-likeness (QED) is 0.807. The summed E-state index contributed by atoms with van der Waals surface area (Å²) in [5.74, 6) is 0.103. The van der Waals surface area contributed by atoms with Gasteiger partial charge in [0.15, 0.2) is 9.84 Å². The maximum atomic E-state index is 12.8. The molecule has 6 heteroatoms. The fourth-order valence-corrected chi connectivity index (χ4v) is 5.54. The van der Waals surface area contributed by atoms with E-state index in [0.29, 0.717) is 17.8 Å². The van der Waals surface area contributed by atoms with Crippen LogP contribution in [0.2, 0.25) is 0 Å². The summed E-state index contributed by atoms with van der Waals surface area (Å²) >= 11 is 1.44. The molecular weight excluding hydrogens is 318 g/mol. The molecule has 1 fully saturated rings. The van der Waals surface area contributed by atoms with Crippen LogP contribution in [0.25, 0.3) is 10.1 Å². The van der Waals surface area contributed by atoms with Crippen molar-refractivity contribution in [1.29, 1.82) is 0 Å². The summed E-state index contributed by atoms with van der Waals surface area (Å²) in [5, 5.41) is 1.04. The minimum atomic E-state index is -3.02. The molecule has 1 saturated heterocycles. The lowest BCUT2D eigenvalue weighted by Crippen LogP contribution is -2.40. The Labute approximate surface area is 134 Å². The minimum Gasteiger partial charge on any atom is -0.330 e. The van der Waals surface area contributed by atoms with Crippen molar-refractivity contribution in [1.82, 2.24) is 4.90 Å². The third-order valence-electron chi connectivity index (χ3n) is 3.87. The number of amides is 1. The average molecular weight is 335 g/mol. The predicted molar refractivity (Wildman–Crippen MR) is 90.1 cm³/mol. The maximum absolute atomic E-state index is 12.8. The number of hydrogen-bond donors (Lipinski definition) is 0. The second kappa shape index (κ2) is 5.85. The molecule has 0 N–H and O–H groups in total. The van der Waals surface area contributed by atoms with E-state index in [0.717, 1.165) is 10.1 Å². The molecule has 2 heterocycles. The van der Waals surface area contributed by atoms with E-state index >= 15 is 0 Å². The van der Waals surface area contributed by atoms with Crippen LogP contribution in [0.15, 0.2) is 43.0 Å². The largest absolute Gasteiger partial charge is 0.330 e. The minimum absolute atomic E-state index is 0.0531. The zero-order valence-corrected chi connectivity index (χ0v) is 13.7. The SMILES string of the molecule is C=CCN(C(=O)c1cc2ccccc2s1)[C@H]1CCS(=O)(=O)C1. The van der Waals surface area contributed by atoms with Gasteiger partial charge in [-0.3, -0.25) is 4.79 Å². The maximum Gasteiger partial charge on any atom is 0.264 e. The van der Waals surface area contributed by atoms with Gasteiger partial charge < -0.3 is 4.90 Å². The lowest BCUT2D eigenvalue weighted by molar-refractivity contribution is 0.0725. The summed E-state index contributed by atoms with van der Waals surface area (Å²) in [5.41, 5.74) is 0. The van der Waals surface area contributed by atoms with E-state index in [1.54, 1.807) is 11.0 Å². The Morgan fingerprint density at radius 3 is 2.82 bits per heavy atom. The monoisotopic (exact) mass is 335 g/mol. The van der Waals surface area contributed by atoms with Gasteiger partial charge in [0.05, 0.1) is 16.4 Å².